The second-order valence-electron chi connectivity index (χ2n) is 14.8. The summed E-state index contributed by atoms with van der Waals surface area (Å²) >= 11 is 0. The van der Waals surface area contributed by atoms with Gasteiger partial charge < -0.3 is 4.42 Å². The lowest BCUT2D eigenvalue weighted by molar-refractivity contribution is 0.590. The van der Waals surface area contributed by atoms with Crippen molar-refractivity contribution >= 4 is 66.6 Å². The van der Waals surface area contributed by atoms with Gasteiger partial charge in [0, 0.05) is 10.8 Å². The third-order valence-corrected chi connectivity index (χ3v) is 10.9. The SMILES string of the molecule is CC(C)(C)c1ccc(-c2c3ccccc3c(-c3ccc4c(c3)oc3cc(B5c6ccccc6-c6ccccc65)ccc34)c3ccccc23)cc1. The Labute approximate surface area is 292 Å². The Bertz CT molecular complexity index is 2690. The molecule has 2 heterocycles. The fourth-order valence-corrected chi connectivity index (χ4v) is 8.53. The van der Waals surface area contributed by atoms with Crippen LogP contribution in [0.4, 0.5) is 0 Å². The first-order chi connectivity index (χ1) is 24.4. The van der Waals surface area contributed by atoms with Gasteiger partial charge in [-0.3, -0.25) is 0 Å². The minimum atomic E-state index is 0.108. The minimum absolute atomic E-state index is 0.108. The van der Waals surface area contributed by atoms with Crippen molar-refractivity contribution in [1.29, 1.82) is 0 Å². The van der Waals surface area contributed by atoms with E-state index < -0.39 is 0 Å². The summed E-state index contributed by atoms with van der Waals surface area (Å²) in [5, 5.41) is 7.31. The maximum atomic E-state index is 6.75. The van der Waals surface area contributed by atoms with Crippen molar-refractivity contribution in [1.82, 2.24) is 0 Å². The number of fused-ring (bicyclic) bond motifs is 8. The maximum absolute atomic E-state index is 6.75. The van der Waals surface area contributed by atoms with Gasteiger partial charge in [-0.25, -0.2) is 0 Å². The molecule has 1 aliphatic rings. The van der Waals surface area contributed by atoms with Crippen molar-refractivity contribution < 1.29 is 4.42 Å². The molecule has 0 N–H and O–H groups in total. The van der Waals surface area contributed by atoms with Crippen LogP contribution in [0.15, 0.2) is 162 Å². The average Bonchev–Trinajstić information content (AvgIpc) is 3.68. The Morgan fingerprint density at radius 3 is 1.44 bits per heavy atom. The molecule has 8 aromatic carbocycles. The quantitative estimate of drug-likeness (QED) is 0.139. The zero-order valence-electron chi connectivity index (χ0n) is 28.5. The second kappa shape index (κ2) is 10.8. The Morgan fingerprint density at radius 2 is 0.880 bits per heavy atom. The molecule has 0 bridgehead atoms. The molecule has 0 atom stereocenters. The van der Waals surface area contributed by atoms with Gasteiger partial charge in [-0.2, -0.15) is 0 Å². The molecule has 1 aromatic heterocycles. The van der Waals surface area contributed by atoms with Crippen molar-refractivity contribution in [3.05, 3.63) is 163 Å². The Hall–Kier alpha value is -5.86. The van der Waals surface area contributed by atoms with Gasteiger partial charge in [0.15, 0.2) is 0 Å². The zero-order chi connectivity index (χ0) is 33.6. The van der Waals surface area contributed by atoms with Crippen molar-refractivity contribution in [2.75, 3.05) is 0 Å². The number of furan rings is 1. The summed E-state index contributed by atoms with van der Waals surface area (Å²) in [6, 6.07) is 58.1. The number of hydrogen-bond acceptors (Lipinski definition) is 1. The molecule has 0 unspecified atom stereocenters. The maximum Gasteiger partial charge on any atom is 0.242 e. The summed E-state index contributed by atoms with van der Waals surface area (Å²) in [5.74, 6) is 0. The van der Waals surface area contributed by atoms with Crippen molar-refractivity contribution in [2.45, 2.75) is 26.2 Å². The van der Waals surface area contributed by atoms with Gasteiger partial charge in [0.25, 0.3) is 0 Å². The van der Waals surface area contributed by atoms with Crippen molar-refractivity contribution in [2.24, 2.45) is 0 Å². The van der Waals surface area contributed by atoms with Gasteiger partial charge in [-0.05, 0) is 84.1 Å². The van der Waals surface area contributed by atoms with Gasteiger partial charge in [0.2, 0.25) is 6.71 Å². The van der Waals surface area contributed by atoms with Crippen molar-refractivity contribution in [3.63, 3.8) is 0 Å². The van der Waals surface area contributed by atoms with Crippen LogP contribution in [0, 0.1) is 0 Å². The molecule has 236 valence electrons. The summed E-state index contributed by atoms with van der Waals surface area (Å²) in [4.78, 5) is 0. The smallest absolute Gasteiger partial charge is 0.242 e. The van der Waals surface area contributed by atoms with Gasteiger partial charge in [0.1, 0.15) is 11.2 Å². The monoisotopic (exact) mass is 638 g/mol. The summed E-state index contributed by atoms with van der Waals surface area (Å²) in [6.45, 7) is 7.00. The molecule has 0 spiro atoms. The molecule has 10 rings (SSSR count). The summed E-state index contributed by atoms with van der Waals surface area (Å²) < 4.78 is 6.75. The highest BCUT2D eigenvalue weighted by molar-refractivity contribution is 6.99. The van der Waals surface area contributed by atoms with E-state index in [2.05, 4.69) is 178 Å². The van der Waals surface area contributed by atoms with Crippen LogP contribution in [0.2, 0.25) is 0 Å². The molecular weight excluding hydrogens is 603 g/mol. The lowest BCUT2D eigenvalue weighted by atomic mass is 9.39. The molecule has 0 saturated carbocycles. The third-order valence-electron chi connectivity index (χ3n) is 10.9. The molecular formula is C48H35BO. The molecule has 50 heavy (non-hydrogen) atoms. The largest absolute Gasteiger partial charge is 0.456 e. The molecule has 0 radical (unpaired) electrons. The summed E-state index contributed by atoms with van der Waals surface area (Å²) in [6.07, 6.45) is 0. The average molecular weight is 639 g/mol. The number of rotatable bonds is 3. The molecule has 0 amide bonds. The van der Waals surface area contributed by atoms with E-state index in [0.29, 0.717) is 0 Å². The van der Waals surface area contributed by atoms with Crippen LogP contribution in [0.1, 0.15) is 26.3 Å². The Kier molecular flexibility index (Phi) is 6.30. The van der Waals surface area contributed by atoms with E-state index in [-0.39, 0.29) is 12.1 Å². The van der Waals surface area contributed by atoms with Crippen LogP contribution >= 0.6 is 0 Å². The van der Waals surface area contributed by atoms with Crippen LogP contribution in [0.25, 0.3) is 76.9 Å². The first kappa shape index (κ1) is 29.1. The topological polar surface area (TPSA) is 13.1 Å². The highest BCUT2D eigenvalue weighted by Gasteiger charge is 2.33. The van der Waals surface area contributed by atoms with E-state index >= 15 is 0 Å². The molecule has 0 aliphatic carbocycles. The standard InChI is InChI=1S/C48H35BO/c1-48(2,3)32-23-20-30(21-24-32)46-38-14-4-6-16-40(38)47(41-17-7-5-15-39(41)46)31-22-26-36-37-27-25-33(29-45(37)50-44(36)28-31)49-42-18-10-8-12-34(42)35-13-9-11-19-43(35)49/h4-29H,1-3H3. The fourth-order valence-electron chi connectivity index (χ4n) is 8.53. The van der Waals surface area contributed by atoms with Crippen LogP contribution in [-0.2, 0) is 5.41 Å². The summed E-state index contributed by atoms with van der Waals surface area (Å²) in [5.41, 5.74) is 14.9. The van der Waals surface area contributed by atoms with Crippen LogP contribution in [0.5, 0.6) is 0 Å². The second-order valence-corrected chi connectivity index (χ2v) is 14.8. The molecule has 1 aliphatic heterocycles. The van der Waals surface area contributed by atoms with Gasteiger partial charge in [-0.1, -0.05) is 177 Å². The molecule has 1 nitrogen and oxygen atoms in total. The molecule has 0 saturated heterocycles. The fraction of sp³-hybridized carbons (Fsp3) is 0.0833. The van der Waals surface area contributed by atoms with E-state index in [4.69, 9.17) is 4.42 Å². The van der Waals surface area contributed by atoms with E-state index in [9.17, 15) is 0 Å². The normalized spacial score (nSPS) is 12.7. The first-order valence-electron chi connectivity index (χ1n) is 17.6. The number of benzene rings is 8. The van der Waals surface area contributed by atoms with E-state index in [1.165, 1.54) is 71.3 Å². The summed E-state index contributed by atoms with van der Waals surface area (Å²) in [7, 11) is 0. The first-order valence-corrected chi connectivity index (χ1v) is 17.6. The highest BCUT2D eigenvalue weighted by atomic mass is 16.3. The minimum Gasteiger partial charge on any atom is -0.456 e. The predicted octanol–water partition coefficient (Wildman–Crippen LogP) is 11.0. The zero-order valence-corrected chi connectivity index (χ0v) is 28.5. The van der Waals surface area contributed by atoms with Crippen molar-refractivity contribution in [3.8, 4) is 33.4 Å². The highest BCUT2D eigenvalue weighted by Crippen LogP contribution is 2.45. The lowest BCUT2D eigenvalue weighted by Crippen LogP contribution is -2.48. The molecule has 0 fully saturated rings. The van der Waals surface area contributed by atoms with Crippen LogP contribution < -0.4 is 16.4 Å². The van der Waals surface area contributed by atoms with E-state index in [1.807, 2.05) is 0 Å². The van der Waals surface area contributed by atoms with E-state index in [1.54, 1.807) is 0 Å². The number of hydrogen-bond donors (Lipinski definition) is 0. The Morgan fingerprint density at radius 1 is 0.420 bits per heavy atom. The lowest BCUT2D eigenvalue weighted by Gasteiger charge is -2.21. The predicted molar refractivity (Wildman–Crippen MR) is 215 cm³/mol. The van der Waals surface area contributed by atoms with Crippen LogP contribution in [0.3, 0.4) is 0 Å². The van der Waals surface area contributed by atoms with E-state index in [0.717, 1.165) is 27.5 Å². The Balaban J connectivity index is 1.14. The van der Waals surface area contributed by atoms with Gasteiger partial charge in [-0.15, -0.1) is 0 Å². The van der Waals surface area contributed by atoms with Crippen LogP contribution in [-0.4, -0.2) is 6.71 Å². The molecule has 9 aromatic rings. The van der Waals surface area contributed by atoms with Gasteiger partial charge >= 0.3 is 0 Å². The third kappa shape index (κ3) is 4.34. The van der Waals surface area contributed by atoms with Gasteiger partial charge in [0.05, 0.1) is 0 Å². The molecule has 2 heteroatoms.